The number of anilines is 1. The fourth-order valence-electron chi connectivity index (χ4n) is 2.05. The van der Waals surface area contributed by atoms with Gasteiger partial charge in [-0.3, -0.25) is 0 Å². The fraction of sp³-hybridized carbons (Fsp3) is 0. The first-order valence-corrected chi connectivity index (χ1v) is 5.64. The minimum absolute atomic E-state index is 0.308. The number of benzene rings is 2. The zero-order valence-electron chi connectivity index (χ0n) is 9.84. The van der Waals surface area contributed by atoms with Crippen molar-refractivity contribution in [2.75, 3.05) is 5.73 Å². The van der Waals surface area contributed by atoms with Crippen LogP contribution < -0.4 is 5.73 Å². The molecule has 3 rings (SSSR count). The highest BCUT2D eigenvalue weighted by molar-refractivity contribution is 5.90. The van der Waals surface area contributed by atoms with Gasteiger partial charge in [0.25, 0.3) is 0 Å². The standard InChI is InChI=1S/C14H9FN4/c15-10-5-6-11-13(7-10)19(18-14(11)17)12-4-2-1-3-9(12)8-16/h1-7H,(H2,17,18). The maximum Gasteiger partial charge on any atom is 0.153 e. The SMILES string of the molecule is N#Cc1ccccc1-n1nc(N)c2ccc(F)cc21. The Morgan fingerprint density at radius 1 is 1.21 bits per heavy atom. The van der Waals surface area contributed by atoms with Gasteiger partial charge in [0.05, 0.1) is 16.8 Å². The van der Waals surface area contributed by atoms with Crippen molar-refractivity contribution in [1.29, 1.82) is 5.26 Å². The molecule has 0 bridgehead atoms. The molecule has 1 heterocycles. The van der Waals surface area contributed by atoms with Crippen LogP contribution in [0.15, 0.2) is 42.5 Å². The van der Waals surface area contributed by atoms with Crippen LogP contribution in [0.4, 0.5) is 10.2 Å². The number of hydrogen-bond acceptors (Lipinski definition) is 3. The minimum atomic E-state index is -0.372. The highest BCUT2D eigenvalue weighted by atomic mass is 19.1. The van der Waals surface area contributed by atoms with Gasteiger partial charge in [-0.25, -0.2) is 9.07 Å². The first kappa shape index (κ1) is 11.2. The molecule has 4 nitrogen and oxygen atoms in total. The smallest absolute Gasteiger partial charge is 0.153 e. The maximum atomic E-state index is 13.4. The second kappa shape index (κ2) is 4.10. The zero-order valence-corrected chi connectivity index (χ0v) is 9.84. The largest absolute Gasteiger partial charge is 0.382 e. The van der Waals surface area contributed by atoms with Gasteiger partial charge in [0, 0.05) is 11.5 Å². The van der Waals surface area contributed by atoms with Crippen molar-refractivity contribution in [3.8, 4) is 11.8 Å². The second-order valence-corrected chi connectivity index (χ2v) is 4.09. The van der Waals surface area contributed by atoms with E-state index in [1.54, 1.807) is 30.3 Å². The minimum Gasteiger partial charge on any atom is -0.382 e. The Morgan fingerprint density at radius 3 is 2.79 bits per heavy atom. The van der Waals surface area contributed by atoms with E-state index in [9.17, 15) is 4.39 Å². The Labute approximate surface area is 108 Å². The maximum absolute atomic E-state index is 13.4. The van der Waals surface area contributed by atoms with Gasteiger partial charge in [0.2, 0.25) is 0 Å². The molecule has 1 aromatic heterocycles. The van der Waals surface area contributed by atoms with Gasteiger partial charge < -0.3 is 5.73 Å². The summed E-state index contributed by atoms with van der Waals surface area (Å²) in [5, 5.41) is 14.0. The first-order valence-electron chi connectivity index (χ1n) is 5.64. The molecule has 0 aliphatic carbocycles. The monoisotopic (exact) mass is 252 g/mol. The fourth-order valence-corrected chi connectivity index (χ4v) is 2.05. The molecule has 0 saturated carbocycles. The number of rotatable bonds is 1. The topological polar surface area (TPSA) is 67.6 Å². The summed E-state index contributed by atoms with van der Waals surface area (Å²) in [7, 11) is 0. The Balaban J connectivity index is 2.37. The van der Waals surface area contributed by atoms with Crippen molar-refractivity contribution in [2.45, 2.75) is 0 Å². The number of aromatic nitrogens is 2. The van der Waals surface area contributed by atoms with Crippen molar-refractivity contribution in [3.63, 3.8) is 0 Å². The van der Waals surface area contributed by atoms with Crippen LogP contribution in [0, 0.1) is 17.1 Å². The summed E-state index contributed by atoms with van der Waals surface area (Å²) in [6, 6.07) is 13.3. The Morgan fingerprint density at radius 2 is 2.00 bits per heavy atom. The van der Waals surface area contributed by atoms with E-state index in [1.807, 2.05) is 0 Å². The predicted molar refractivity (Wildman–Crippen MR) is 70.2 cm³/mol. The zero-order chi connectivity index (χ0) is 13.4. The number of halogens is 1. The van der Waals surface area contributed by atoms with Gasteiger partial charge in [-0.2, -0.15) is 5.26 Å². The number of nitriles is 1. The quantitative estimate of drug-likeness (QED) is 0.723. The van der Waals surface area contributed by atoms with Crippen molar-refractivity contribution in [2.24, 2.45) is 0 Å². The average Bonchev–Trinajstić information content (AvgIpc) is 2.75. The van der Waals surface area contributed by atoms with E-state index in [0.29, 0.717) is 28.0 Å². The molecule has 0 amide bonds. The van der Waals surface area contributed by atoms with Crippen molar-refractivity contribution in [3.05, 3.63) is 53.8 Å². The number of para-hydroxylation sites is 1. The third-order valence-corrected chi connectivity index (χ3v) is 2.92. The van der Waals surface area contributed by atoms with Crippen LogP contribution in [0.3, 0.4) is 0 Å². The molecule has 0 aliphatic rings. The summed E-state index contributed by atoms with van der Waals surface area (Å²) < 4.78 is 14.9. The molecular weight excluding hydrogens is 243 g/mol. The molecule has 19 heavy (non-hydrogen) atoms. The molecule has 5 heteroatoms. The predicted octanol–water partition coefficient (Wildman–Crippen LogP) is 2.62. The van der Waals surface area contributed by atoms with Gasteiger partial charge in [-0.15, -0.1) is 5.10 Å². The van der Waals surface area contributed by atoms with E-state index < -0.39 is 0 Å². The van der Waals surface area contributed by atoms with E-state index in [-0.39, 0.29) is 5.82 Å². The average molecular weight is 252 g/mol. The number of fused-ring (bicyclic) bond motifs is 1. The van der Waals surface area contributed by atoms with E-state index in [2.05, 4.69) is 11.2 Å². The van der Waals surface area contributed by atoms with E-state index in [4.69, 9.17) is 11.0 Å². The van der Waals surface area contributed by atoms with Crippen LogP contribution in [0.5, 0.6) is 0 Å². The third-order valence-electron chi connectivity index (χ3n) is 2.92. The van der Waals surface area contributed by atoms with Crippen LogP contribution in [0.25, 0.3) is 16.6 Å². The van der Waals surface area contributed by atoms with Gasteiger partial charge in [0.15, 0.2) is 5.82 Å². The summed E-state index contributed by atoms with van der Waals surface area (Å²) in [6.07, 6.45) is 0. The summed E-state index contributed by atoms with van der Waals surface area (Å²) in [6.45, 7) is 0. The summed E-state index contributed by atoms with van der Waals surface area (Å²) in [5.74, 6) is -0.0640. The lowest BCUT2D eigenvalue weighted by molar-refractivity contribution is 0.629. The summed E-state index contributed by atoms with van der Waals surface area (Å²) in [5.41, 5.74) is 7.40. The molecule has 0 radical (unpaired) electrons. The van der Waals surface area contributed by atoms with Gasteiger partial charge >= 0.3 is 0 Å². The van der Waals surface area contributed by atoms with Crippen LogP contribution >= 0.6 is 0 Å². The molecular formula is C14H9FN4. The molecule has 2 N–H and O–H groups in total. The number of nitrogens with two attached hydrogens (primary N) is 1. The van der Waals surface area contributed by atoms with Crippen molar-refractivity contribution < 1.29 is 4.39 Å². The van der Waals surface area contributed by atoms with E-state index >= 15 is 0 Å². The summed E-state index contributed by atoms with van der Waals surface area (Å²) >= 11 is 0. The van der Waals surface area contributed by atoms with Gasteiger partial charge in [-0.1, -0.05) is 12.1 Å². The number of hydrogen-bond donors (Lipinski definition) is 1. The molecule has 92 valence electrons. The van der Waals surface area contributed by atoms with Crippen molar-refractivity contribution in [1.82, 2.24) is 9.78 Å². The normalized spacial score (nSPS) is 10.5. The molecule has 0 atom stereocenters. The highest BCUT2D eigenvalue weighted by Crippen LogP contribution is 2.25. The Bertz CT molecular complexity index is 814. The first-order chi connectivity index (χ1) is 9.20. The lowest BCUT2D eigenvalue weighted by atomic mass is 10.2. The molecule has 0 unspecified atom stereocenters. The molecule has 0 saturated heterocycles. The van der Waals surface area contributed by atoms with E-state index in [1.165, 1.54) is 16.8 Å². The van der Waals surface area contributed by atoms with Crippen LogP contribution in [0.2, 0.25) is 0 Å². The molecule has 3 aromatic rings. The molecule has 0 spiro atoms. The Hall–Kier alpha value is -2.87. The molecule has 0 fully saturated rings. The van der Waals surface area contributed by atoms with Crippen LogP contribution in [-0.4, -0.2) is 9.78 Å². The summed E-state index contributed by atoms with van der Waals surface area (Å²) in [4.78, 5) is 0. The van der Waals surface area contributed by atoms with Gasteiger partial charge in [-0.05, 0) is 24.3 Å². The lowest BCUT2D eigenvalue weighted by Crippen LogP contribution is -2.00. The second-order valence-electron chi connectivity index (χ2n) is 4.09. The highest BCUT2D eigenvalue weighted by Gasteiger charge is 2.12. The van der Waals surface area contributed by atoms with Crippen LogP contribution in [0.1, 0.15) is 5.56 Å². The number of nitrogens with zero attached hydrogens (tertiary/aromatic N) is 3. The van der Waals surface area contributed by atoms with Crippen molar-refractivity contribution >= 4 is 16.7 Å². The number of nitrogen functional groups attached to an aromatic ring is 1. The van der Waals surface area contributed by atoms with Gasteiger partial charge in [0.1, 0.15) is 11.9 Å². The van der Waals surface area contributed by atoms with Crippen LogP contribution in [-0.2, 0) is 0 Å². The Kier molecular flexibility index (Phi) is 2.43. The third kappa shape index (κ3) is 1.70. The molecule has 0 aliphatic heterocycles. The molecule has 2 aromatic carbocycles. The lowest BCUT2D eigenvalue weighted by Gasteiger charge is -2.05. The van der Waals surface area contributed by atoms with E-state index in [0.717, 1.165) is 0 Å².